The normalized spacial score (nSPS) is 16.5. The van der Waals surface area contributed by atoms with E-state index in [1.807, 2.05) is 38.1 Å². The summed E-state index contributed by atoms with van der Waals surface area (Å²) < 4.78 is 8.75. The third-order valence-corrected chi connectivity index (χ3v) is 6.43. The molecule has 0 saturated carbocycles. The van der Waals surface area contributed by atoms with E-state index in [9.17, 15) is 10.1 Å². The summed E-state index contributed by atoms with van der Waals surface area (Å²) in [6, 6.07) is 16.4. The summed E-state index contributed by atoms with van der Waals surface area (Å²) in [6.45, 7) is 5.21. The van der Waals surface area contributed by atoms with Gasteiger partial charge in [-0.2, -0.15) is 5.26 Å². The molecule has 4 rings (SSSR count). The smallest absolute Gasteiger partial charge is 0.262 e. The van der Waals surface area contributed by atoms with Gasteiger partial charge in [0, 0.05) is 34.4 Å². The monoisotopic (exact) mass is 477 g/mol. The van der Waals surface area contributed by atoms with Gasteiger partial charge in [0.15, 0.2) is 0 Å². The molecule has 0 aliphatic carbocycles. The Kier molecular flexibility index (Phi) is 6.26. The Bertz CT molecular complexity index is 1210. The number of rotatable bonds is 5. The van der Waals surface area contributed by atoms with E-state index < -0.39 is 0 Å². The number of amides is 1. The highest BCUT2D eigenvalue weighted by atomic mass is 79.9. The van der Waals surface area contributed by atoms with E-state index >= 15 is 0 Å². The highest BCUT2D eigenvalue weighted by Crippen LogP contribution is 2.32. The molecule has 0 unspecified atom stereocenters. The highest BCUT2D eigenvalue weighted by molar-refractivity contribution is 9.10. The minimum absolute atomic E-state index is 0.0413. The third kappa shape index (κ3) is 4.30. The summed E-state index contributed by atoms with van der Waals surface area (Å²) in [5, 5.41) is 14.7. The largest absolute Gasteiger partial charge is 0.376 e. The van der Waals surface area contributed by atoms with Crippen molar-refractivity contribution in [2.24, 2.45) is 0 Å². The van der Waals surface area contributed by atoms with Crippen LogP contribution in [0, 0.1) is 25.2 Å². The van der Waals surface area contributed by atoms with Crippen LogP contribution in [0.25, 0.3) is 22.5 Å². The molecule has 1 aliphatic rings. The molecule has 31 heavy (non-hydrogen) atoms. The average Bonchev–Trinajstić information content (AvgIpc) is 3.39. The molecule has 6 heteroatoms. The molecule has 2 heterocycles. The summed E-state index contributed by atoms with van der Waals surface area (Å²) >= 11 is 3.63. The summed E-state index contributed by atoms with van der Waals surface area (Å²) in [4.78, 5) is 12.6. The second kappa shape index (κ2) is 9.09. The zero-order valence-corrected chi connectivity index (χ0v) is 19.2. The fourth-order valence-corrected chi connectivity index (χ4v) is 4.63. The number of fused-ring (bicyclic) bond motifs is 1. The van der Waals surface area contributed by atoms with Crippen molar-refractivity contribution < 1.29 is 9.53 Å². The zero-order valence-electron chi connectivity index (χ0n) is 17.6. The SMILES string of the molecule is Cc1cc(/C=C(\C#N)C(=O)NC[C@@H]2CCCO2)c(C)n1-c1ccc(Br)c2ccccc12. The Morgan fingerprint density at radius 3 is 2.77 bits per heavy atom. The zero-order chi connectivity index (χ0) is 22.0. The van der Waals surface area contributed by atoms with Crippen molar-refractivity contribution in [2.75, 3.05) is 13.2 Å². The number of aromatic nitrogens is 1. The first-order chi connectivity index (χ1) is 15.0. The third-order valence-electron chi connectivity index (χ3n) is 5.74. The molecule has 0 bridgehead atoms. The lowest BCUT2D eigenvalue weighted by molar-refractivity contribution is -0.117. The Labute approximate surface area is 190 Å². The summed E-state index contributed by atoms with van der Waals surface area (Å²) in [5.41, 5.74) is 4.03. The van der Waals surface area contributed by atoms with Crippen LogP contribution in [0.15, 0.2) is 52.5 Å². The predicted molar refractivity (Wildman–Crippen MR) is 126 cm³/mol. The number of halogens is 1. The Morgan fingerprint density at radius 2 is 2.06 bits per heavy atom. The lowest BCUT2D eigenvalue weighted by Crippen LogP contribution is -2.32. The number of carbonyl (C=O) groups excluding carboxylic acids is 1. The molecule has 1 atom stereocenters. The topological polar surface area (TPSA) is 67.1 Å². The van der Waals surface area contributed by atoms with Gasteiger partial charge in [-0.3, -0.25) is 4.79 Å². The van der Waals surface area contributed by atoms with Gasteiger partial charge in [-0.1, -0.05) is 40.2 Å². The van der Waals surface area contributed by atoms with Crippen molar-refractivity contribution in [2.45, 2.75) is 32.8 Å². The van der Waals surface area contributed by atoms with Crippen molar-refractivity contribution in [1.82, 2.24) is 9.88 Å². The van der Waals surface area contributed by atoms with Crippen molar-refractivity contribution in [3.8, 4) is 11.8 Å². The molecule has 2 aromatic carbocycles. The van der Waals surface area contributed by atoms with Crippen molar-refractivity contribution in [3.63, 3.8) is 0 Å². The summed E-state index contributed by atoms with van der Waals surface area (Å²) in [5.74, 6) is -0.364. The molecule has 5 nitrogen and oxygen atoms in total. The van der Waals surface area contributed by atoms with E-state index in [4.69, 9.17) is 4.74 Å². The van der Waals surface area contributed by atoms with Crippen molar-refractivity contribution in [3.05, 3.63) is 69.5 Å². The Hall–Kier alpha value is -2.88. The minimum Gasteiger partial charge on any atom is -0.376 e. The summed E-state index contributed by atoms with van der Waals surface area (Å²) in [6.07, 6.45) is 3.66. The number of nitriles is 1. The minimum atomic E-state index is -0.364. The highest BCUT2D eigenvalue weighted by Gasteiger charge is 2.19. The average molecular weight is 478 g/mol. The van der Waals surface area contributed by atoms with Gasteiger partial charge < -0.3 is 14.6 Å². The van der Waals surface area contributed by atoms with E-state index in [1.165, 1.54) is 0 Å². The molecule has 3 aromatic rings. The second-order valence-corrected chi connectivity index (χ2v) is 8.64. The van der Waals surface area contributed by atoms with Gasteiger partial charge in [0.1, 0.15) is 11.6 Å². The maximum Gasteiger partial charge on any atom is 0.262 e. The van der Waals surface area contributed by atoms with Crippen LogP contribution in [0.1, 0.15) is 29.8 Å². The fraction of sp³-hybridized carbons (Fsp3) is 0.280. The molecule has 1 N–H and O–H groups in total. The lowest BCUT2D eigenvalue weighted by atomic mass is 10.1. The molecule has 1 aliphatic heterocycles. The molecule has 1 saturated heterocycles. The van der Waals surface area contributed by atoms with Crippen LogP contribution in [-0.2, 0) is 9.53 Å². The number of hydrogen-bond donors (Lipinski definition) is 1. The van der Waals surface area contributed by atoms with Gasteiger partial charge in [0.25, 0.3) is 5.91 Å². The quantitative estimate of drug-likeness (QED) is 0.404. The molecule has 158 valence electrons. The van der Waals surface area contributed by atoms with Crippen molar-refractivity contribution >= 4 is 38.7 Å². The number of benzene rings is 2. The van der Waals surface area contributed by atoms with Crippen molar-refractivity contribution in [1.29, 1.82) is 5.26 Å². The van der Waals surface area contributed by atoms with E-state index in [0.29, 0.717) is 6.54 Å². The van der Waals surface area contributed by atoms with Crippen LogP contribution < -0.4 is 5.32 Å². The number of nitrogens with zero attached hydrogens (tertiary/aromatic N) is 2. The van der Waals surface area contributed by atoms with Gasteiger partial charge in [-0.25, -0.2) is 0 Å². The van der Waals surface area contributed by atoms with E-state index in [-0.39, 0.29) is 17.6 Å². The second-order valence-electron chi connectivity index (χ2n) is 7.79. The van der Waals surface area contributed by atoms with Crippen LogP contribution >= 0.6 is 15.9 Å². The lowest BCUT2D eigenvalue weighted by Gasteiger charge is -2.14. The number of aryl methyl sites for hydroxylation is 1. The predicted octanol–water partition coefficient (Wildman–Crippen LogP) is 5.21. The maximum absolute atomic E-state index is 12.6. The summed E-state index contributed by atoms with van der Waals surface area (Å²) in [7, 11) is 0. The van der Waals surface area contributed by atoms with E-state index in [0.717, 1.165) is 57.3 Å². The van der Waals surface area contributed by atoms with E-state index in [1.54, 1.807) is 6.08 Å². The number of nitrogens with one attached hydrogen (secondary N) is 1. The van der Waals surface area contributed by atoms with Crippen LogP contribution in [0.4, 0.5) is 0 Å². The fourth-order valence-electron chi connectivity index (χ4n) is 4.16. The van der Waals surface area contributed by atoms with Crippen LogP contribution in [-0.4, -0.2) is 29.7 Å². The van der Waals surface area contributed by atoms with Gasteiger partial charge in [-0.15, -0.1) is 0 Å². The van der Waals surface area contributed by atoms with Crippen LogP contribution in [0.5, 0.6) is 0 Å². The molecule has 1 aromatic heterocycles. The van der Waals surface area contributed by atoms with Gasteiger partial charge >= 0.3 is 0 Å². The van der Waals surface area contributed by atoms with Crippen LogP contribution in [0.2, 0.25) is 0 Å². The maximum atomic E-state index is 12.6. The Balaban J connectivity index is 1.67. The first-order valence-electron chi connectivity index (χ1n) is 10.4. The van der Waals surface area contributed by atoms with Gasteiger partial charge in [-0.05, 0) is 61.9 Å². The van der Waals surface area contributed by atoms with Gasteiger partial charge in [0.2, 0.25) is 0 Å². The molecule has 1 amide bonds. The molecule has 1 fully saturated rings. The van der Waals surface area contributed by atoms with E-state index in [2.05, 4.69) is 50.1 Å². The number of hydrogen-bond acceptors (Lipinski definition) is 3. The number of carbonyl (C=O) groups is 1. The first-order valence-corrected chi connectivity index (χ1v) is 11.2. The Morgan fingerprint density at radius 1 is 1.29 bits per heavy atom. The molecule has 0 radical (unpaired) electrons. The molecular weight excluding hydrogens is 454 g/mol. The van der Waals surface area contributed by atoms with Crippen LogP contribution in [0.3, 0.4) is 0 Å². The number of ether oxygens (including phenoxy) is 1. The van der Waals surface area contributed by atoms with Gasteiger partial charge in [0.05, 0.1) is 11.8 Å². The molecule has 0 spiro atoms. The standard InChI is InChI=1S/C25H24BrN3O2/c1-16-12-18(13-19(14-27)25(30)28-15-20-6-5-11-31-20)17(2)29(16)24-10-9-23(26)21-7-3-4-8-22(21)24/h3-4,7-10,12-13,20H,5-6,11,15H2,1-2H3,(H,28,30)/b19-13+/t20-/m0/s1. The molecular formula is C25H24BrN3O2. The first kappa shape index (κ1) is 21.4.